The molecule has 1 unspecified atom stereocenters. The average Bonchev–Trinajstić information content (AvgIpc) is 2.96. The van der Waals surface area contributed by atoms with Crippen LogP contribution in [0.4, 0.5) is 0 Å². The minimum absolute atomic E-state index is 0.448. The highest BCUT2D eigenvalue weighted by Gasteiger charge is 2.10. The second-order valence-electron chi connectivity index (χ2n) is 4.61. The SMILES string of the molecule is CCCn1cc(C(O)CCc2cnn(C)c2)cn1. The molecule has 0 spiro atoms. The fourth-order valence-electron chi connectivity index (χ4n) is 1.97. The van der Waals surface area contributed by atoms with Gasteiger partial charge in [0.05, 0.1) is 18.5 Å². The van der Waals surface area contributed by atoms with Gasteiger partial charge in [0.25, 0.3) is 0 Å². The van der Waals surface area contributed by atoms with E-state index in [1.807, 2.05) is 30.3 Å². The van der Waals surface area contributed by atoms with Gasteiger partial charge in [-0.25, -0.2) is 0 Å². The van der Waals surface area contributed by atoms with Gasteiger partial charge in [0.1, 0.15) is 0 Å². The Labute approximate surface area is 107 Å². The van der Waals surface area contributed by atoms with Gasteiger partial charge in [-0.2, -0.15) is 10.2 Å². The summed E-state index contributed by atoms with van der Waals surface area (Å²) in [6, 6.07) is 0. The minimum atomic E-state index is -0.448. The fourth-order valence-corrected chi connectivity index (χ4v) is 1.97. The molecule has 1 N–H and O–H groups in total. The molecule has 1 atom stereocenters. The lowest BCUT2D eigenvalue weighted by atomic mass is 10.1. The molecule has 0 bridgehead atoms. The zero-order valence-corrected chi connectivity index (χ0v) is 11.0. The zero-order valence-electron chi connectivity index (χ0n) is 11.0. The van der Waals surface area contributed by atoms with Crippen LogP contribution >= 0.6 is 0 Å². The second-order valence-corrected chi connectivity index (χ2v) is 4.61. The number of rotatable bonds is 6. The quantitative estimate of drug-likeness (QED) is 0.846. The van der Waals surface area contributed by atoms with E-state index < -0.39 is 6.10 Å². The Balaban J connectivity index is 1.88. The molecule has 0 fully saturated rings. The standard InChI is InChI=1S/C13H20N4O/c1-3-6-17-10-12(8-15-17)13(18)5-4-11-7-14-16(2)9-11/h7-10,13,18H,3-6H2,1-2H3. The topological polar surface area (TPSA) is 55.9 Å². The maximum absolute atomic E-state index is 10.1. The summed E-state index contributed by atoms with van der Waals surface area (Å²) >= 11 is 0. The van der Waals surface area contributed by atoms with Crippen LogP contribution in [-0.4, -0.2) is 24.7 Å². The van der Waals surface area contributed by atoms with Crippen LogP contribution in [0.1, 0.15) is 37.0 Å². The van der Waals surface area contributed by atoms with E-state index in [1.165, 1.54) is 0 Å². The van der Waals surface area contributed by atoms with Crippen molar-refractivity contribution in [1.29, 1.82) is 0 Å². The number of aromatic nitrogens is 4. The first kappa shape index (κ1) is 12.8. The van der Waals surface area contributed by atoms with Crippen molar-refractivity contribution in [3.63, 3.8) is 0 Å². The van der Waals surface area contributed by atoms with Crippen molar-refractivity contribution >= 4 is 0 Å². The first-order valence-electron chi connectivity index (χ1n) is 6.37. The van der Waals surface area contributed by atoms with Crippen LogP contribution < -0.4 is 0 Å². The van der Waals surface area contributed by atoms with Crippen LogP contribution in [0.25, 0.3) is 0 Å². The third kappa shape index (κ3) is 3.20. The van der Waals surface area contributed by atoms with Gasteiger partial charge in [-0.3, -0.25) is 9.36 Å². The summed E-state index contributed by atoms with van der Waals surface area (Å²) in [4.78, 5) is 0. The smallest absolute Gasteiger partial charge is 0.0823 e. The van der Waals surface area contributed by atoms with Crippen molar-refractivity contribution < 1.29 is 5.11 Å². The number of nitrogens with zero attached hydrogens (tertiary/aromatic N) is 4. The van der Waals surface area contributed by atoms with E-state index in [9.17, 15) is 5.11 Å². The molecule has 0 aliphatic heterocycles. The van der Waals surface area contributed by atoms with Gasteiger partial charge in [0, 0.05) is 31.5 Å². The normalized spacial score (nSPS) is 12.8. The Morgan fingerprint density at radius 2 is 2.11 bits per heavy atom. The first-order chi connectivity index (χ1) is 8.69. The van der Waals surface area contributed by atoms with E-state index >= 15 is 0 Å². The Kier molecular flexibility index (Phi) is 4.15. The molecular formula is C13H20N4O. The molecule has 2 aromatic rings. The van der Waals surface area contributed by atoms with Gasteiger partial charge in [0.15, 0.2) is 0 Å². The molecule has 98 valence electrons. The van der Waals surface area contributed by atoms with Gasteiger partial charge in [-0.05, 0) is 24.8 Å². The van der Waals surface area contributed by atoms with Crippen molar-refractivity contribution in [2.45, 2.75) is 38.8 Å². The summed E-state index contributed by atoms with van der Waals surface area (Å²) < 4.78 is 3.66. The average molecular weight is 248 g/mol. The Bertz CT molecular complexity index is 489. The van der Waals surface area contributed by atoms with Crippen LogP contribution in [0.5, 0.6) is 0 Å². The summed E-state index contributed by atoms with van der Waals surface area (Å²) in [5.74, 6) is 0. The second kappa shape index (κ2) is 5.82. The third-order valence-electron chi connectivity index (χ3n) is 2.96. The van der Waals surface area contributed by atoms with Crippen molar-refractivity contribution in [3.8, 4) is 0 Å². The summed E-state index contributed by atoms with van der Waals surface area (Å²) in [6.45, 7) is 3.01. The summed E-state index contributed by atoms with van der Waals surface area (Å²) in [5.41, 5.74) is 2.05. The predicted molar refractivity (Wildman–Crippen MR) is 69.0 cm³/mol. The highest BCUT2D eigenvalue weighted by atomic mass is 16.3. The Morgan fingerprint density at radius 3 is 2.78 bits per heavy atom. The van der Waals surface area contributed by atoms with E-state index in [1.54, 1.807) is 10.9 Å². The van der Waals surface area contributed by atoms with E-state index in [-0.39, 0.29) is 0 Å². The maximum atomic E-state index is 10.1. The van der Waals surface area contributed by atoms with Crippen molar-refractivity contribution in [1.82, 2.24) is 19.6 Å². The maximum Gasteiger partial charge on any atom is 0.0823 e. The monoisotopic (exact) mass is 248 g/mol. The molecule has 2 rings (SSSR count). The van der Waals surface area contributed by atoms with Gasteiger partial charge in [-0.15, -0.1) is 0 Å². The molecule has 5 heteroatoms. The van der Waals surface area contributed by atoms with Gasteiger partial charge in [0.2, 0.25) is 0 Å². The number of aryl methyl sites for hydroxylation is 3. The van der Waals surface area contributed by atoms with Crippen molar-refractivity contribution in [3.05, 3.63) is 35.9 Å². The molecule has 0 saturated carbocycles. The molecular weight excluding hydrogens is 228 g/mol. The lowest BCUT2D eigenvalue weighted by molar-refractivity contribution is 0.167. The van der Waals surface area contributed by atoms with Crippen molar-refractivity contribution in [2.75, 3.05) is 0 Å². The number of hydrogen-bond donors (Lipinski definition) is 1. The summed E-state index contributed by atoms with van der Waals surface area (Å²) in [6.07, 6.45) is 9.63. The molecule has 5 nitrogen and oxygen atoms in total. The van der Waals surface area contributed by atoms with E-state index in [2.05, 4.69) is 17.1 Å². The van der Waals surface area contributed by atoms with Crippen LogP contribution in [-0.2, 0) is 20.0 Å². The molecule has 0 aromatic carbocycles. The lowest BCUT2D eigenvalue weighted by Crippen LogP contribution is -1.99. The number of hydrogen-bond acceptors (Lipinski definition) is 3. The van der Waals surface area contributed by atoms with E-state index in [4.69, 9.17) is 0 Å². The Hall–Kier alpha value is -1.62. The Morgan fingerprint density at radius 1 is 1.28 bits per heavy atom. The zero-order chi connectivity index (χ0) is 13.0. The molecule has 0 radical (unpaired) electrons. The molecule has 0 aliphatic rings. The number of aliphatic hydroxyl groups is 1. The lowest BCUT2D eigenvalue weighted by Gasteiger charge is -2.06. The van der Waals surface area contributed by atoms with Crippen LogP contribution in [0.3, 0.4) is 0 Å². The van der Waals surface area contributed by atoms with Crippen LogP contribution in [0.2, 0.25) is 0 Å². The number of aliphatic hydroxyl groups excluding tert-OH is 1. The highest BCUT2D eigenvalue weighted by Crippen LogP contribution is 2.18. The molecule has 2 heterocycles. The summed E-state index contributed by atoms with van der Waals surface area (Å²) in [5, 5.41) is 18.4. The van der Waals surface area contributed by atoms with E-state index in [0.29, 0.717) is 6.42 Å². The molecule has 0 aliphatic carbocycles. The minimum Gasteiger partial charge on any atom is -0.388 e. The highest BCUT2D eigenvalue weighted by molar-refractivity contribution is 5.10. The fraction of sp³-hybridized carbons (Fsp3) is 0.538. The van der Waals surface area contributed by atoms with Crippen LogP contribution in [0.15, 0.2) is 24.8 Å². The van der Waals surface area contributed by atoms with Crippen LogP contribution in [0, 0.1) is 0 Å². The van der Waals surface area contributed by atoms with Crippen molar-refractivity contribution in [2.24, 2.45) is 7.05 Å². The molecule has 2 aromatic heterocycles. The third-order valence-corrected chi connectivity index (χ3v) is 2.96. The molecule has 0 amide bonds. The van der Waals surface area contributed by atoms with E-state index in [0.717, 1.165) is 30.5 Å². The summed E-state index contributed by atoms with van der Waals surface area (Å²) in [7, 11) is 1.90. The predicted octanol–water partition coefficient (Wildman–Crippen LogP) is 1.69. The van der Waals surface area contributed by atoms with Gasteiger partial charge in [-0.1, -0.05) is 6.92 Å². The van der Waals surface area contributed by atoms with Gasteiger partial charge >= 0.3 is 0 Å². The first-order valence-corrected chi connectivity index (χ1v) is 6.37. The molecule has 0 saturated heterocycles. The largest absolute Gasteiger partial charge is 0.388 e. The van der Waals surface area contributed by atoms with Gasteiger partial charge < -0.3 is 5.11 Å². The molecule has 18 heavy (non-hydrogen) atoms.